The van der Waals surface area contributed by atoms with Gasteiger partial charge < -0.3 is 5.11 Å². The molecule has 0 fully saturated rings. The van der Waals surface area contributed by atoms with E-state index in [9.17, 15) is 13.5 Å². The van der Waals surface area contributed by atoms with Crippen molar-refractivity contribution in [2.75, 3.05) is 11.8 Å². The standard InChI is InChI=1S/C16H16Cl3N5O3S/c1-10-15(19)11(2)24(21-10)12-3-5-13(6-4-12)28(26,27)23-7-14(20-22-23)16(25,8-17)9-18/h3-7,25H,8-9H2,1-2H3. The van der Waals surface area contributed by atoms with Gasteiger partial charge in [0.1, 0.15) is 11.3 Å². The zero-order valence-corrected chi connectivity index (χ0v) is 17.9. The minimum Gasteiger partial charge on any atom is -0.381 e. The number of halogens is 3. The highest BCUT2D eigenvalue weighted by Gasteiger charge is 2.32. The van der Waals surface area contributed by atoms with Crippen LogP contribution in [0.25, 0.3) is 5.69 Å². The van der Waals surface area contributed by atoms with Crippen molar-refractivity contribution in [3.8, 4) is 5.69 Å². The number of hydrogen-bond donors (Lipinski definition) is 1. The molecule has 150 valence electrons. The Balaban J connectivity index is 1.95. The summed E-state index contributed by atoms with van der Waals surface area (Å²) in [6.45, 7) is 3.61. The van der Waals surface area contributed by atoms with Crippen molar-refractivity contribution >= 4 is 44.8 Å². The summed E-state index contributed by atoms with van der Waals surface area (Å²) in [5.41, 5.74) is 0.378. The molecule has 1 N–H and O–H groups in total. The van der Waals surface area contributed by atoms with Crippen molar-refractivity contribution in [1.82, 2.24) is 24.2 Å². The van der Waals surface area contributed by atoms with Crippen molar-refractivity contribution in [3.05, 3.63) is 52.6 Å². The van der Waals surface area contributed by atoms with Crippen molar-refractivity contribution in [1.29, 1.82) is 0 Å². The van der Waals surface area contributed by atoms with E-state index in [0.717, 1.165) is 11.9 Å². The van der Waals surface area contributed by atoms with Gasteiger partial charge in [-0.25, -0.2) is 4.68 Å². The normalized spacial score (nSPS) is 12.5. The highest BCUT2D eigenvalue weighted by molar-refractivity contribution is 7.89. The molecule has 0 spiro atoms. The molecule has 1 aromatic carbocycles. The second kappa shape index (κ2) is 7.64. The first-order valence-corrected chi connectivity index (χ1v) is 10.9. The number of benzene rings is 1. The zero-order valence-electron chi connectivity index (χ0n) is 14.8. The van der Waals surface area contributed by atoms with E-state index in [1.165, 1.54) is 12.1 Å². The Kier molecular flexibility index (Phi) is 5.75. The quantitative estimate of drug-likeness (QED) is 0.563. The maximum Gasteiger partial charge on any atom is 0.284 e. The predicted molar refractivity (Wildman–Crippen MR) is 106 cm³/mol. The topological polar surface area (TPSA) is 103 Å². The van der Waals surface area contributed by atoms with Crippen LogP contribution in [0.1, 0.15) is 17.1 Å². The maximum absolute atomic E-state index is 12.8. The fourth-order valence-electron chi connectivity index (χ4n) is 2.49. The number of aromatic nitrogens is 5. The summed E-state index contributed by atoms with van der Waals surface area (Å²) >= 11 is 17.6. The molecular weight excluding hydrogens is 449 g/mol. The zero-order chi connectivity index (χ0) is 20.7. The maximum atomic E-state index is 12.8. The van der Waals surface area contributed by atoms with Gasteiger partial charge in [0.05, 0.1) is 45.0 Å². The molecule has 0 bridgehead atoms. The molecule has 0 saturated heterocycles. The first kappa shape index (κ1) is 21.1. The van der Waals surface area contributed by atoms with Gasteiger partial charge >= 0.3 is 0 Å². The molecule has 3 aromatic rings. The third-order valence-electron chi connectivity index (χ3n) is 4.22. The second-order valence-corrected chi connectivity index (χ2v) is 8.88. The summed E-state index contributed by atoms with van der Waals surface area (Å²) in [5.74, 6) is -0.510. The van der Waals surface area contributed by atoms with E-state index in [1.807, 2.05) is 6.92 Å². The Hall–Kier alpha value is -1.65. The third-order valence-corrected chi connectivity index (χ3v) is 7.19. The number of nitrogens with zero attached hydrogens (tertiary/aromatic N) is 5. The molecule has 0 saturated carbocycles. The van der Waals surface area contributed by atoms with E-state index in [1.54, 1.807) is 23.7 Å². The van der Waals surface area contributed by atoms with Crippen LogP contribution in [-0.4, -0.2) is 49.5 Å². The SMILES string of the molecule is Cc1nn(-c2ccc(S(=O)(=O)n3cc(C(O)(CCl)CCl)nn3)cc2)c(C)c1Cl. The average molecular weight is 465 g/mol. The highest BCUT2D eigenvalue weighted by Crippen LogP contribution is 2.25. The molecular formula is C16H16Cl3N5O3S. The second-order valence-electron chi connectivity index (χ2n) is 6.17. The van der Waals surface area contributed by atoms with Gasteiger partial charge in [0.15, 0.2) is 0 Å². The summed E-state index contributed by atoms with van der Waals surface area (Å²) < 4.78 is 27.9. The van der Waals surface area contributed by atoms with E-state index in [-0.39, 0.29) is 22.3 Å². The summed E-state index contributed by atoms with van der Waals surface area (Å²) in [6, 6.07) is 6.06. The molecule has 0 atom stereocenters. The molecule has 0 radical (unpaired) electrons. The molecule has 0 aliphatic heterocycles. The molecule has 8 nitrogen and oxygen atoms in total. The predicted octanol–water partition coefficient (Wildman–Crippen LogP) is 2.64. The van der Waals surface area contributed by atoms with Crippen molar-refractivity contribution in [3.63, 3.8) is 0 Å². The van der Waals surface area contributed by atoms with Crippen LogP contribution < -0.4 is 0 Å². The Morgan fingerprint density at radius 1 is 1.14 bits per heavy atom. The Labute approximate surface area is 176 Å². The molecule has 0 amide bonds. The van der Waals surface area contributed by atoms with E-state index in [2.05, 4.69) is 15.4 Å². The van der Waals surface area contributed by atoms with Crippen LogP contribution in [-0.2, 0) is 15.6 Å². The fraction of sp³-hybridized carbons (Fsp3) is 0.312. The Morgan fingerprint density at radius 3 is 2.25 bits per heavy atom. The van der Waals surface area contributed by atoms with Gasteiger partial charge in [-0.2, -0.15) is 13.5 Å². The third kappa shape index (κ3) is 3.53. The average Bonchev–Trinajstić information content (AvgIpc) is 3.30. The van der Waals surface area contributed by atoms with Crippen LogP contribution >= 0.6 is 34.8 Å². The van der Waals surface area contributed by atoms with Gasteiger partial charge in [-0.05, 0) is 38.1 Å². The summed E-state index contributed by atoms with van der Waals surface area (Å²) in [4.78, 5) is -0.0133. The summed E-state index contributed by atoms with van der Waals surface area (Å²) in [5, 5.41) is 22.5. The lowest BCUT2D eigenvalue weighted by Crippen LogP contribution is -2.30. The minimum atomic E-state index is -4.02. The first-order chi connectivity index (χ1) is 13.1. The van der Waals surface area contributed by atoms with Gasteiger partial charge in [0.2, 0.25) is 0 Å². The summed E-state index contributed by atoms with van der Waals surface area (Å²) in [6.07, 6.45) is 1.09. The number of rotatable bonds is 6. The fourth-order valence-corrected chi connectivity index (χ4v) is 4.24. The van der Waals surface area contributed by atoms with Crippen molar-refractivity contribution < 1.29 is 13.5 Å². The number of hydrogen-bond acceptors (Lipinski definition) is 6. The lowest BCUT2D eigenvalue weighted by molar-refractivity contribution is 0.0813. The molecule has 3 rings (SSSR count). The van der Waals surface area contributed by atoms with E-state index < -0.39 is 15.6 Å². The minimum absolute atomic E-state index is 0.0133. The summed E-state index contributed by atoms with van der Waals surface area (Å²) in [7, 11) is -4.02. The Morgan fingerprint density at radius 2 is 1.75 bits per heavy atom. The van der Waals surface area contributed by atoms with Gasteiger partial charge in [-0.1, -0.05) is 16.8 Å². The molecule has 0 aliphatic rings. The van der Waals surface area contributed by atoms with Gasteiger partial charge in [-0.15, -0.1) is 32.4 Å². The van der Waals surface area contributed by atoms with Crippen LogP contribution in [0.2, 0.25) is 5.02 Å². The molecule has 0 unspecified atom stereocenters. The molecule has 2 aromatic heterocycles. The first-order valence-electron chi connectivity index (χ1n) is 7.99. The number of alkyl halides is 2. The molecule has 0 aliphatic carbocycles. The molecule has 28 heavy (non-hydrogen) atoms. The Bertz CT molecular complexity index is 1110. The van der Waals surface area contributed by atoms with Crippen molar-refractivity contribution in [2.45, 2.75) is 24.3 Å². The van der Waals surface area contributed by atoms with Crippen molar-refractivity contribution in [2.24, 2.45) is 0 Å². The van der Waals surface area contributed by atoms with Crippen LogP contribution in [0.5, 0.6) is 0 Å². The van der Waals surface area contributed by atoms with Crippen LogP contribution in [0.15, 0.2) is 35.4 Å². The van der Waals surface area contributed by atoms with Crippen LogP contribution in [0, 0.1) is 13.8 Å². The lowest BCUT2D eigenvalue weighted by Gasteiger charge is -2.18. The van der Waals surface area contributed by atoms with Gasteiger partial charge in [0.25, 0.3) is 10.0 Å². The van der Waals surface area contributed by atoms with Gasteiger partial charge in [-0.3, -0.25) is 0 Å². The van der Waals surface area contributed by atoms with E-state index in [4.69, 9.17) is 34.8 Å². The highest BCUT2D eigenvalue weighted by atomic mass is 35.5. The number of aryl methyl sites for hydroxylation is 1. The van der Waals surface area contributed by atoms with E-state index >= 15 is 0 Å². The number of aliphatic hydroxyl groups is 1. The monoisotopic (exact) mass is 463 g/mol. The molecule has 2 heterocycles. The van der Waals surface area contributed by atoms with Gasteiger partial charge in [0, 0.05) is 0 Å². The lowest BCUT2D eigenvalue weighted by atomic mass is 10.1. The van der Waals surface area contributed by atoms with Crippen LogP contribution in [0.3, 0.4) is 0 Å². The largest absolute Gasteiger partial charge is 0.381 e. The van der Waals surface area contributed by atoms with E-state index in [0.29, 0.717) is 20.5 Å². The molecule has 12 heteroatoms. The van der Waals surface area contributed by atoms with Crippen LogP contribution in [0.4, 0.5) is 0 Å². The smallest absolute Gasteiger partial charge is 0.284 e.